The zero-order valence-electron chi connectivity index (χ0n) is 63.2. The molecular weight excluding hydrogens is 1300 g/mol. The monoisotopic (exact) mass is 1390 g/mol. The number of hydrogen-bond donors (Lipinski definition) is 0. The first-order valence-corrected chi connectivity index (χ1v) is 39.0. The second-order valence-corrected chi connectivity index (χ2v) is 31.7. The molecule has 0 aliphatic carbocycles. The van der Waals surface area contributed by atoms with E-state index in [2.05, 4.69) is 410 Å². The summed E-state index contributed by atoms with van der Waals surface area (Å²) < 4.78 is 0. The maximum atomic E-state index is 2.76. The van der Waals surface area contributed by atoms with Gasteiger partial charge in [0.25, 0.3) is 6.71 Å². The summed E-state index contributed by atoms with van der Waals surface area (Å²) in [4.78, 5) is 5.51. The van der Waals surface area contributed by atoms with Crippen LogP contribution in [0.4, 0.5) is 34.1 Å². The van der Waals surface area contributed by atoms with E-state index in [1.54, 1.807) is 0 Å². The Balaban J connectivity index is 1.02. The van der Waals surface area contributed by atoms with Gasteiger partial charge in [0.15, 0.2) is 0 Å². The van der Waals surface area contributed by atoms with Crippen molar-refractivity contribution >= 4 is 57.2 Å². The van der Waals surface area contributed by atoms with E-state index in [0.717, 1.165) is 52.9 Å². The summed E-state index contributed by atoms with van der Waals surface area (Å²) in [6.45, 7) is 16.4. The van der Waals surface area contributed by atoms with Crippen molar-refractivity contribution in [1.82, 2.24) is 0 Å². The molecule has 0 saturated carbocycles. The number of hydrogen-bond acceptors (Lipinski definition) is 2. The molecule has 15 aromatic rings. The maximum absolute atomic E-state index is 2.76. The quantitative estimate of drug-likeness (QED) is 0.0624. The van der Waals surface area contributed by atoms with E-state index in [1.807, 2.05) is 0 Å². The van der Waals surface area contributed by atoms with Crippen LogP contribution in [0.15, 0.2) is 352 Å². The number of rotatable bonds is 18. The summed E-state index contributed by atoms with van der Waals surface area (Å²) in [5.41, 5.74) is 37.9. The average Bonchev–Trinajstić information content (AvgIpc) is 0.687. The number of fused-ring (bicyclic) bond motifs is 4. The van der Waals surface area contributed by atoms with Crippen molar-refractivity contribution in [2.45, 2.75) is 97.8 Å². The van der Waals surface area contributed by atoms with Gasteiger partial charge in [-0.1, -0.05) is 377 Å². The molecule has 0 fully saturated rings. The van der Waals surface area contributed by atoms with Crippen molar-refractivity contribution in [3.8, 4) is 111 Å². The molecule has 524 valence electrons. The van der Waals surface area contributed by atoms with Crippen LogP contribution in [0.25, 0.3) is 111 Å². The van der Waals surface area contributed by atoms with Gasteiger partial charge in [-0.15, -0.1) is 0 Å². The predicted octanol–water partition coefficient (Wildman–Crippen LogP) is 27.5. The van der Waals surface area contributed by atoms with Gasteiger partial charge in [-0.25, -0.2) is 0 Å². The Hall–Kier alpha value is -12.0. The van der Waals surface area contributed by atoms with Crippen LogP contribution in [0, 0.1) is 0 Å². The fourth-order valence-electron chi connectivity index (χ4n) is 16.6. The van der Waals surface area contributed by atoms with Crippen molar-refractivity contribution in [2.24, 2.45) is 0 Å². The van der Waals surface area contributed by atoms with Crippen LogP contribution >= 0.6 is 0 Å². The molecule has 0 aromatic heterocycles. The standard InChI is InChI=1S/C105H91BN2/c1-8-9-10-11-18-31-72-64-99-101-100(65-72)108(103-93(85-56-48-81(49-57-85)75-36-23-14-24-37-75)70-90(105(5,6)7)71-94(103)86-58-50-82(51-59-86)76-38-25-15-26-39-76)98-63-61-88(78-42-29-17-30-43-78)67-96(98)106(101)95-66-87(77-40-27-16-28-41-77)60-62-97(95)107(99)102-91(83-52-44-79(45-53-83)73-32-19-12-20-33-73)68-89(104(2,3)4)69-92(102)84-54-46-80(47-55-84)74-34-21-13-22-35-74/h12-17,19-30,32-71H,8-11,18,31H2,1-7H3. The molecule has 0 spiro atoms. The van der Waals surface area contributed by atoms with Gasteiger partial charge in [0, 0.05) is 45.0 Å². The number of benzene rings is 15. The van der Waals surface area contributed by atoms with Gasteiger partial charge in [0.1, 0.15) is 0 Å². The number of nitrogens with zero attached hydrogens (tertiary/aromatic N) is 2. The normalized spacial score (nSPS) is 12.4. The Morgan fingerprint density at radius 1 is 0.241 bits per heavy atom. The molecule has 0 bridgehead atoms. The van der Waals surface area contributed by atoms with E-state index in [4.69, 9.17) is 0 Å². The van der Waals surface area contributed by atoms with Crippen molar-refractivity contribution in [3.63, 3.8) is 0 Å². The summed E-state index contributed by atoms with van der Waals surface area (Å²) in [6, 6.07) is 134. The third kappa shape index (κ3) is 13.5. The van der Waals surface area contributed by atoms with Crippen molar-refractivity contribution < 1.29 is 0 Å². The number of aryl methyl sites for hydroxylation is 1. The van der Waals surface area contributed by atoms with Gasteiger partial charge >= 0.3 is 0 Å². The van der Waals surface area contributed by atoms with E-state index in [-0.39, 0.29) is 17.5 Å². The molecule has 15 aromatic carbocycles. The molecule has 2 aliphatic rings. The SMILES string of the molecule is CCCCCCCc1cc2c3c(c1)N(c1c(-c4ccc(-c5ccccc5)cc4)cc(C(C)(C)C)cc1-c1ccc(-c4ccccc4)cc1)c1ccc(-c4ccccc4)cc1B3c1cc(-c3ccccc3)ccc1N2c1c(-c2ccc(-c3ccccc3)cc2)cc(C(C)(C)C)cc1-c1ccc(-c2ccccc2)cc1. The first-order chi connectivity index (χ1) is 52.8. The minimum atomic E-state index is -0.218. The molecule has 17 rings (SSSR count). The van der Waals surface area contributed by atoms with E-state index in [0.29, 0.717) is 0 Å². The van der Waals surface area contributed by atoms with E-state index < -0.39 is 0 Å². The smallest absolute Gasteiger partial charge is 0.252 e. The lowest BCUT2D eigenvalue weighted by atomic mass is 9.33. The lowest BCUT2D eigenvalue weighted by molar-refractivity contribution is 0.590. The maximum Gasteiger partial charge on any atom is 0.252 e. The summed E-state index contributed by atoms with van der Waals surface area (Å²) in [5, 5.41) is 0. The topological polar surface area (TPSA) is 6.48 Å². The molecule has 0 saturated heterocycles. The fraction of sp³-hybridized carbons (Fsp3) is 0.143. The lowest BCUT2D eigenvalue weighted by Gasteiger charge is -2.46. The van der Waals surface area contributed by atoms with Crippen LogP contribution in [-0.2, 0) is 17.3 Å². The number of unbranched alkanes of at least 4 members (excludes halogenated alkanes) is 4. The Labute approximate surface area is 640 Å². The van der Waals surface area contributed by atoms with Gasteiger partial charge in [-0.3, -0.25) is 0 Å². The van der Waals surface area contributed by atoms with Gasteiger partial charge in [-0.05, 0) is 194 Å². The summed E-state index contributed by atoms with van der Waals surface area (Å²) in [6.07, 6.45) is 6.79. The van der Waals surface area contributed by atoms with Crippen molar-refractivity contribution in [3.05, 3.63) is 369 Å². The molecule has 2 nitrogen and oxygen atoms in total. The number of anilines is 6. The molecule has 0 atom stereocenters. The molecule has 2 aliphatic heterocycles. The van der Waals surface area contributed by atoms with Crippen LogP contribution < -0.4 is 26.2 Å². The van der Waals surface area contributed by atoms with E-state index in [9.17, 15) is 0 Å². The molecule has 2 heterocycles. The zero-order valence-corrected chi connectivity index (χ0v) is 63.2. The van der Waals surface area contributed by atoms with Crippen molar-refractivity contribution in [2.75, 3.05) is 9.80 Å². The van der Waals surface area contributed by atoms with Gasteiger partial charge in [0.2, 0.25) is 0 Å². The third-order valence-corrected chi connectivity index (χ3v) is 22.5. The fourth-order valence-corrected chi connectivity index (χ4v) is 16.6. The second kappa shape index (κ2) is 29.4. The molecule has 3 heteroatoms. The van der Waals surface area contributed by atoms with Crippen molar-refractivity contribution in [1.29, 1.82) is 0 Å². The van der Waals surface area contributed by atoms with Gasteiger partial charge in [0.05, 0.1) is 11.4 Å². The molecule has 108 heavy (non-hydrogen) atoms. The van der Waals surface area contributed by atoms with E-state index in [1.165, 1.54) is 164 Å². The lowest BCUT2D eigenvalue weighted by Crippen LogP contribution is -2.61. The molecule has 0 radical (unpaired) electrons. The van der Waals surface area contributed by atoms with Crippen LogP contribution in [0.3, 0.4) is 0 Å². The van der Waals surface area contributed by atoms with E-state index >= 15 is 0 Å². The molecular formula is C105H91BN2. The Morgan fingerprint density at radius 2 is 0.491 bits per heavy atom. The summed E-state index contributed by atoms with van der Waals surface area (Å²) in [5.74, 6) is 0. The molecule has 0 amide bonds. The highest BCUT2D eigenvalue weighted by atomic mass is 15.2. The minimum absolute atomic E-state index is 0.217. The molecule has 0 N–H and O–H groups in total. The highest BCUT2D eigenvalue weighted by Gasteiger charge is 2.46. The minimum Gasteiger partial charge on any atom is -0.310 e. The molecule has 0 unspecified atom stereocenters. The average molecular weight is 1390 g/mol. The highest BCUT2D eigenvalue weighted by molar-refractivity contribution is 7.00. The van der Waals surface area contributed by atoms with Crippen LogP contribution in [0.2, 0.25) is 0 Å². The third-order valence-electron chi connectivity index (χ3n) is 22.5. The van der Waals surface area contributed by atoms with Gasteiger partial charge < -0.3 is 9.80 Å². The Morgan fingerprint density at radius 3 is 0.769 bits per heavy atom. The largest absolute Gasteiger partial charge is 0.310 e. The van der Waals surface area contributed by atoms with Crippen LogP contribution in [-0.4, -0.2) is 6.71 Å². The Kier molecular flexibility index (Phi) is 18.8. The summed E-state index contributed by atoms with van der Waals surface area (Å²) in [7, 11) is 0. The highest BCUT2D eigenvalue weighted by Crippen LogP contribution is 2.55. The van der Waals surface area contributed by atoms with Crippen LogP contribution in [0.5, 0.6) is 0 Å². The predicted molar refractivity (Wildman–Crippen MR) is 465 cm³/mol. The first-order valence-electron chi connectivity index (χ1n) is 39.0. The Bertz CT molecular complexity index is 5150. The van der Waals surface area contributed by atoms with Crippen LogP contribution in [0.1, 0.15) is 97.3 Å². The zero-order chi connectivity index (χ0) is 73.5. The summed E-state index contributed by atoms with van der Waals surface area (Å²) >= 11 is 0. The second-order valence-electron chi connectivity index (χ2n) is 31.7. The van der Waals surface area contributed by atoms with Gasteiger partial charge in [-0.2, -0.15) is 0 Å². The first kappa shape index (κ1) is 69.0.